The lowest BCUT2D eigenvalue weighted by Crippen LogP contribution is -2.15. The van der Waals surface area contributed by atoms with Gasteiger partial charge in [-0.1, -0.05) is 19.9 Å². The molecule has 114 valence electrons. The molecule has 0 saturated heterocycles. The molecule has 2 amide bonds. The van der Waals surface area contributed by atoms with Crippen molar-refractivity contribution in [1.29, 1.82) is 0 Å². The van der Waals surface area contributed by atoms with Crippen molar-refractivity contribution in [3.63, 3.8) is 0 Å². The van der Waals surface area contributed by atoms with Gasteiger partial charge in [-0.15, -0.1) is 0 Å². The van der Waals surface area contributed by atoms with Crippen LogP contribution in [0.15, 0.2) is 18.2 Å². The largest absolute Gasteiger partial charge is 0.326 e. The lowest BCUT2D eigenvalue weighted by atomic mass is 10.1. The van der Waals surface area contributed by atoms with Crippen molar-refractivity contribution in [2.24, 2.45) is 11.8 Å². The van der Waals surface area contributed by atoms with Gasteiger partial charge in [0.25, 0.3) is 0 Å². The fraction of sp³-hybridized carbons (Fsp3) is 0.529. The van der Waals surface area contributed by atoms with Crippen LogP contribution in [0.3, 0.4) is 0 Å². The molecular formula is C17H24N2O2. The Morgan fingerprint density at radius 3 is 2.57 bits per heavy atom. The number of rotatable bonds is 6. The molecule has 1 saturated carbocycles. The monoisotopic (exact) mass is 288 g/mol. The highest BCUT2D eigenvalue weighted by molar-refractivity contribution is 5.96. The molecule has 0 spiro atoms. The molecule has 1 aliphatic rings. The first-order valence-corrected chi connectivity index (χ1v) is 7.67. The molecule has 1 aromatic rings. The second-order valence-electron chi connectivity index (χ2n) is 6.27. The summed E-state index contributed by atoms with van der Waals surface area (Å²) in [5, 5.41) is 5.84. The van der Waals surface area contributed by atoms with Crippen LogP contribution in [-0.2, 0) is 9.59 Å². The Hall–Kier alpha value is -1.84. The van der Waals surface area contributed by atoms with E-state index in [0.717, 1.165) is 36.2 Å². The maximum atomic E-state index is 11.9. The summed E-state index contributed by atoms with van der Waals surface area (Å²) in [5.41, 5.74) is 2.52. The fourth-order valence-corrected chi connectivity index (χ4v) is 2.06. The predicted octanol–water partition coefficient (Wildman–Crippen LogP) is 3.72. The summed E-state index contributed by atoms with van der Waals surface area (Å²) < 4.78 is 0. The summed E-state index contributed by atoms with van der Waals surface area (Å²) in [7, 11) is 0. The highest BCUT2D eigenvalue weighted by Gasteiger charge is 2.29. The summed E-state index contributed by atoms with van der Waals surface area (Å²) in [5.74, 6) is 0.796. The molecule has 0 aromatic heterocycles. The number of benzene rings is 1. The van der Waals surface area contributed by atoms with E-state index in [1.165, 1.54) is 0 Å². The SMILES string of the molecule is Cc1ccc(NC(=O)C2CC2)cc1NC(=O)CCC(C)C. The van der Waals surface area contributed by atoms with Gasteiger partial charge in [0.1, 0.15) is 0 Å². The van der Waals surface area contributed by atoms with E-state index >= 15 is 0 Å². The van der Waals surface area contributed by atoms with Crippen LogP contribution in [0.5, 0.6) is 0 Å². The van der Waals surface area contributed by atoms with Crippen molar-refractivity contribution in [2.75, 3.05) is 10.6 Å². The van der Waals surface area contributed by atoms with E-state index in [0.29, 0.717) is 12.3 Å². The molecule has 21 heavy (non-hydrogen) atoms. The topological polar surface area (TPSA) is 58.2 Å². The van der Waals surface area contributed by atoms with Crippen LogP contribution in [-0.4, -0.2) is 11.8 Å². The molecule has 1 fully saturated rings. The Kier molecular flexibility index (Phi) is 4.99. The molecule has 0 unspecified atom stereocenters. The lowest BCUT2D eigenvalue weighted by Gasteiger charge is -2.12. The van der Waals surface area contributed by atoms with Crippen LogP contribution in [0.1, 0.15) is 45.1 Å². The highest BCUT2D eigenvalue weighted by Crippen LogP contribution is 2.30. The highest BCUT2D eigenvalue weighted by atomic mass is 16.2. The van der Waals surface area contributed by atoms with Gasteiger partial charge in [0.2, 0.25) is 11.8 Å². The first kappa shape index (κ1) is 15.5. The molecule has 0 aliphatic heterocycles. The minimum Gasteiger partial charge on any atom is -0.326 e. The van der Waals surface area contributed by atoms with Crippen LogP contribution >= 0.6 is 0 Å². The lowest BCUT2D eigenvalue weighted by molar-refractivity contribution is -0.117. The third-order valence-corrected chi connectivity index (χ3v) is 3.68. The minimum atomic E-state index is 0.0254. The number of hydrogen-bond acceptors (Lipinski definition) is 2. The predicted molar refractivity (Wildman–Crippen MR) is 85.2 cm³/mol. The van der Waals surface area contributed by atoms with E-state index in [1.807, 2.05) is 25.1 Å². The average molecular weight is 288 g/mol. The molecule has 0 atom stereocenters. The van der Waals surface area contributed by atoms with Crippen LogP contribution in [0.25, 0.3) is 0 Å². The zero-order valence-electron chi connectivity index (χ0n) is 13.0. The third kappa shape index (κ3) is 4.88. The van der Waals surface area contributed by atoms with Gasteiger partial charge in [0, 0.05) is 23.7 Å². The van der Waals surface area contributed by atoms with Gasteiger partial charge in [-0.3, -0.25) is 9.59 Å². The Morgan fingerprint density at radius 2 is 1.95 bits per heavy atom. The molecule has 0 radical (unpaired) electrons. The number of carbonyl (C=O) groups excluding carboxylic acids is 2. The number of amides is 2. The molecule has 0 bridgehead atoms. The maximum Gasteiger partial charge on any atom is 0.227 e. The van der Waals surface area contributed by atoms with Crippen molar-refractivity contribution in [3.05, 3.63) is 23.8 Å². The first-order valence-electron chi connectivity index (χ1n) is 7.67. The van der Waals surface area contributed by atoms with Crippen LogP contribution < -0.4 is 10.6 Å². The van der Waals surface area contributed by atoms with Crippen molar-refractivity contribution < 1.29 is 9.59 Å². The van der Waals surface area contributed by atoms with Crippen molar-refractivity contribution >= 4 is 23.2 Å². The van der Waals surface area contributed by atoms with Gasteiger partial charge in [0.05, 0.1) is 0 Å². The van der Waals surface area contributed by atoms with E-state index < -0.39 is 0 Å². The van der Waals surface area contributed by atoms with Gasteiger partial charge in [-0.2, -0.15) is 0 Å². The van der Waals surface area contributed by atoms with Crippen molar-refractivity contribution in [3.8, 4) is 0 Å². The van der Waals surface area contributed by atoms with Crippen LogP contribution in [0, 0.1) is 18.8 Å². The smallest absolute Gasteiger partial charge is 0.227 e. The third-order valence-electron chi connectivity index (χ3n) is 3.68. The fourth-order valence-electron chi connectivity index (χ4n) is 2.06. The molecule has 2 rings (SSSR count). The van der Waals surface area contributed by atoms with E-state index in [4.69, 9.17) is 0 Å². The number of carbonyl (C=O) groups is 2. The van der Waals surface area contributed by atoms with Gasteiger partial charge in [0.15, 0.2) is 0 Å². The second-order valence-corrected chi connectivity index (χ2v) is 6.27. The van der Waals surface area contributed by atoms with Gasteiger partial charge in [-0.05, 0) is 49.8 Å². The second kappa shape index (κ2) is 6.74. The van der Waals surface area contributed by atoms with Gasteiger partial charge >= 0.3 is 0 Å². The summed E-state index contributed by atoms with van der Waals surface area (Å²) in [6.07, 6.45) is 3.37. The normalized spacial score (nSPS) is 14.1. The number of anilines is 2. The standard InChI is InChI=1S/C17H24N2O2/c1-11(2)4-9-16(20)19-15-10-14(8-5-12(15)3)18-17(21)13-6-7-13/h5,8,10-11,13H,4,6-7,9H2,1-3H3,(H,18,21)(H,19,20). The molecule has 1 aromatic carbocycles. The maximum absolute atomic E-state index is 11.9. The summed E-state index contributed by atoms with van der Waals surface area (Å²) in [4.78, 5) is 23.7. The summed E-state index contributed by atoms with van der Waals surface area (Å²) >= 11 is 0. The van der Waals surface area contributed by atoms with E-state index in [1.54, 1.807) is 0 Å². The summed E-state index contributed by atoms with van der Waals surface area (Å²) in [6.45, 7) is 6.16. The van der Waals surface area contributed by atoms with E-state index in [2.05, 4.69) is 24.5 Å². The average Bonchev–Trinajstić information content (AvgIpc) is 3.24. The van der Waals surface area contributed by atoms with E-state index in [9.17, 15) is 9.59 Å². The Balaban J connectivity index is 1.97. The first-order chi connectivity index (χ1) is 9.95. The van der Waals surface area contributed by atoms with Crippen LogP contribution in [0.2, 0.25) is 0 Å². The molecule has 2 N–H and O–H groups in total. The summed E-state index contributed by atoms with van der Waals surface area (Å²) in [6, 6.07) is 5.63. The zero-order valence-corrected chi connectivity index (χ0v) is 13.0. The minimum absolute atomic E-state index is 0.0254. The molecule has 4 heteroatoms. The van der Waals surface area contributed by atoms with E-state index in [-0.39, 0.29) is 17.7 Å². The number of hydrogen-bond donors (Lipinski definition) is 2. The Labute approximate surface area is 126 Å². The molecule has 0 heterocycles. The van der Waals surface area contributed by atoms with Gasteiger partial charge in [-0.25, -0.2) is 0 Å². The number of nitrogens with one attached hydrogen (secondary N) is 2. The number of aryl methyl sites for hydroxylation is 1. The molecule has 4 nitrogen and oxygen atoms in total. The Morgan fingerprint density at radius 1 is 1.24 bits per heavy atom. The molecular weight excluding hydrogens is 264 g/mol. The van der Waals surface area contributed by atoms with Crippen molar-refractivity contribution in [1.82, 2.24) is 0 Å². The zero-order chi connectivity index (χ0) is 15.4. The molecule has 1 aliphatic carbocycles. The van der Waals surface area contributed by atoms with Crippen LogP contribution in [0.4, 0.5) is 11.4 Å². The Bertz CT molecular complexity index is 534. The quantitative estimate of drug-likeness (QED) is 0.838. The van der Waals surface area contributed by atoms with Gasteiger partial charge < -0.3 is 10.6 Å². The van der Waals surface area contributed by atoms with Crippen molar-refractivity contribution in [2.45, 2.75) is 46.5 Å².